The molecule has 1 aliphatic heterocycles. The number of hydrogen-bond acceptors (Lipinski definition) is 4. The molecule has 74 valence electrons. The van der Waals surface area contributed by atoms with Gasteiger partial charge in [-0.15, -0.1) is 0 Å². The number of hydrogen-bond donors (Lipinski definition) is 2. The molecule has 0 saturated carbocycles. The van der Waals surface area contributed by atoms with Gasteiger partial charge in [0.25, 0.3) is 0 Å². The molecule has 5 heteroatoms. The highest BCUT2D eigenvalue weighted by molar-refractivity contribution is 5.99. The minimum atomic E-state index is -0.728. The Balaban J connectivity index is 2.21. The second kappa shape index (κ2) is 4.23. The Bertz CT molecular complexity index is 217. The number of carbonyl (C=O) groups excluding carboxylic acids is 2. The largest absolute Gasteiger partial charge is 0.464 e. The van der Waals surface area contributed by atoms with Gasteiger partial charge in [0.1, 0.15) is 6.04 Å². The first-order valence-corrected chi connectivity index (χ1v) is 4.39. The average Bonchev–Trinajstić information content (AvgIpc) is 2.13. The normalized spacial score (nSPS) is 26.2. The number of nitrogens with one attached hydrogen (secondary N) is 1. The third-order valence-corrected chi connectivity index (χ3v) is 1.96. The van der Waals surface area contributed by atoms with Crippen molar-refractivity contribution in [3.05, 3.63) is 0 Å². The summed E-state index contributed by atoms with van der Waals surface area (Å²) in [6.07, 6.45) is 1.80. The van der Waals surface area contributed by atoms with Gasteiger partial charge in [-0.05, 0) is 6.42 Å². The molecule has 0 aromatic heterocycles. The first-order valence-electron chi connectivity index (χ1n) is 4.39. The van der Waals surface area contributed by atoms with Gasteiger partial charge < -0.3 is 15.8 Å². The van der Waals surface area contributed by atoms with Crippen LogP contribution in [0.4, 0.5) is 0 Å². The topological polar surface area (TPSA) is 81.4 Å². The van der Waals surface area contributed by atoms with Crippen molar-refractivity contribution in [2.24, 2.45) is 5.73 Å². The highest BCUT2D eigenvalue weighted by atomic mass is 16.5. The fraction of sp³-hybridized carbons (Fsp3) is 0.750. The fourth-order valence-electron chi connectivity index (χ4n) is 1.01. The summed E-state index contributed by atoms with van der Waals surface area (Å²) in [5.74, 6) is -0.724. The lowest BCUT2D eigenvalue weighted by Gasteiger charge is -2.31. The molecule has 0 spiro atoms. The smallest absolute Gasteiger partial charge is 0.330 e. The van der Waals surface area contributed by atoms with E-state index in [9.17, 15) is 9.59 Å². The van der Waals surface area contributed by atoms with Crippen LogP contribution in [0.2, 0.25) is 0 Å². The van der Waals surface area contributed by atoms with Crippen molar-refractivity contribution in [2.75, 3.05) is 6.61 Å². The van der Waals surface area contributed by atoms with Gasteiger partial charge in [0.15, 0.2) is 6.04 Å². The molecule has 0 radical (unpaired) electrons. The Kier molecular flexibility index (Phi) is 3.25. The molecule has 1 saturated heterocycles. The van der Waals surface area contributed by atoms with E-state index in [1.807, 2.05) is 6.92 Å². The molecule has 3 N–H and O–H groups in total. The van der Waals surface area contributed by atoms with E-state index in [1.165, 1.54) is 0 Å². The van der Waals surface area contributed by atoms with Crippen molar-refractivity contribution < 1.29 is 14.3 Å². The Morgan fingerprint density at radius 2 is 2.38 bits per heavy atom. The van der Waals surface area contributed by atoms with Crippen molar-refractivity contribution in [1.29, 1.82) is 0 Å². The third-order valence-electron chi connectivity index (χ3n) is 1.96. The van der Waals surface area contributed by atoms with Gasteiger partial charge in [0, 0.05) is 0 Å². The Morgan fingerprint density at radius 3 is 2.85 bits per heavy atom. The second-order valence-electron chi connectivity index (χ2n) is 3.03. The molecule has 13 heavy (non-hydrogen) atoms. The molecule has 1 amide bonds. The lowest BCUT2D eigenvalue weighted by molar-refractivity contribution is -0.154. The minimum absolute atomic E-state index is 0.294. The van der Waals surface area contributed by atoms with Crippen molar-refractivity contribution in [1.82, 2.24) is 5.32 Å². The molecule has 0 aromatic rings. The zero-order valence-corrected chi connectivity index (χ0v) is 7.58. The molecule has 0 unspecified atom stereocenters. The maximum Gasteiger partial charge on any atom is 0.330 e. The summed E-state index contributed by atoms with van der Waals surface area (Å²) < 4.78 is 4.87. The minimum Gasteiger partial charge on any atom is -0.464 e. The summed E-state index contributed by atoms with van der Waals surface area (Å²) in [4.78, 5) is 21.8. The lowest BCUT2D eigenvalue weighted by atomic mass is 10.0. The Hall–Kier alpha value is -1.10. The number of amides is 1. The zero-order chi connectivity index (χ0) is 9.84. The monoisotopic (exact) mass is 186 g/mol. The summed E-state index contributed by atoms with van der Waals surface area (Å²) in [5.41, 5.74) is 5.36. The zero-order valence-electron chi connectivity index (χ0n) is 7.58. The molecule has 0 aliphatic carbocycles. The molecular formula is C8H14N2O3. The Labute approximate surface area is 76.6 Å². The first kappa shape index (κ1) is 9.98. The first-order chi connectivity index (χ1) is 6.16. The van der Waals surface area contributed by atoms with Crippen LogP contribution in [-0.2, 0) is 14.3 Å². The van der Waals surface area contributed by atoms with Gasteiger partial charge in [-0.1, -0.05) is 13.3 Å². The van der Waals surface area contributed by atoms with Crippen molar-refractivity contribution >= 4 is 11.9 Å². The van der Waals surface area contributed by atoms with E-state index in [0.717, 1.165) is 12.8 Å². The van der Waals surface area contributed by atoms with Crippen LogP contribution in [0.25, 0.3) is 0 Å². The van der Waals surface area contributed by atoms with Crippen molar-refractivity contribution in [2.45, 2.75) is 31.8 Å². The van der Waals surface area contributed by atoms with Crippen LogP contribution in [0.1, 0.15) is 19.8 Å². The van der Waals surface area contributed by atoms with Gasteiger partial charge in [0.05, 0.1) is 6.61 Å². The number of β-lactam (4-membered cyclic amide) rings is 1. The number of unbranched alkanes of at least 4 members (excludes halogenated alkanes) is 1. The number of ether oxygens (including phenoxy) is 1. The lowest BCUT2D eigenvalue weighted by Crippen LogP contribution is -2.70. The van der Waals surface area contributed by atoms with E-state index in [0.29, 0.717) is 6.61 Å². The van der Waals surface area contributed by atoms with Crippen LogP contribution < -0.4 is 11.1 Å². The molecule has 2 atom stereocenters. The fourth-order valence-corrected chi connectivity index (χ4v) is 1.01. The van der Waals surface area contributed by atoms with Crippen molar-refractivity contribution in [3.8, 4) is 0 Å². The second-order valence-corrected chi connectivity index (χ2v) is 3.03. The SMILES string of the molecule is CCCCOC(=O)[C@@H]1NC(=O)[C@@H]1N. The summed E-state index contributed by atoms with van der Waals surface area (Å²) in [6.45, 7) is 2.40. The van der Waals surface area contributed by atoms with Crippen LogP contribution in [0.5, 0.6) is 0 Å². The van der Waals surface area contributed by atoms with Crippen LogP contribution in [0, 0.1) is 0 Å². The number of rotatable bonds is 4. The third kappa shape index (κ3) is 2.18. The van der Waals surface area contributed by atoms with E-state index in [4.69, 9.17) is 10.5 Å². The highest BCUT2D eigenvalue weighted by Gasteiger charge is 2.42. The van der Waals surface area contributed by atoms with Crippen LogP contribution >= 0.6 is 0 Å². The molecule has 0 bridgehead atoms. The highest BCUT2D eigenvalue weighted by Crippen LogP contribution is 2.05. The van der Waals surface area contributed by atoms with Crippen molar-refractivity contribution in [3.63, 3.8) is 0 Å². The van der Waals surface area contributed by atoms with Gasteiger partial charge in [-0.25, -0.2) is 4.79 Å². The number of nitrogens with two attached hydrogens (primary N) is 1. The van der Waals surface area contributed by atoms with Crippen LogP contribution in [0.15, 0.2) is 0 Å². The average molecular weight is 186 g/mol. The molecule has 0 aromatic carbocycles. The summed E-state index contributed by atoms with van der Waals surface area (Å²) in [7, 11) is 0. The van der Waals surface area contributed by atoms with Gasteiger partial charge in [-0.2, -0.15) is 0 Å². The molecular weight excluding hydrogens is 172 g/mol. The number of esters is 1. The summed E-state index contributed by atoms with van der Waals surface area (Å²) in [6, 6.07) is -1.36. The van der Waals surface area contributed by atoms with E-state index in [-0.39, 0.29) is 5.91 Å². The van der Waals surface area contributed by atoms with Crippen LogP contribution in [-0.4, -0.2) is 30.6 Å². The predicted molar refractivity (Wildman–Crippen MR) is 45.8 cm³/mol. The standard InChI is InChI=1S/C8H14N2O3/c1-2-3-4-13-8(12)6-5(9)7(11)10-6/h5-6H,2-4,9H2,1H3,(H,10,11)/t5-,6-/m1/s1. The molecule has 1 heterocycles. The van der Waals surface area contributed by atoms with E-state index >= 15 is 0 Å². The van der Waals surface area contributed by atoms with Gasteiger partial charge in [0.2, 0.25) is 5.91 Å². The Morgan fingerprint density at radius 1 is 1.69 bits per heavy atom. The molecule has 5 nitrogen and oxygen atoms in total. The molecule has 1 aliphatic rings. The maximum atomic E-state index is 11.1. The predicted octanol–water partition coefficient (Wildman–Crippen LogP) is -0.845. The van der Waals surface area contributed by atoms with E-state index in [2.05, 4.69) is 5.32 Å². The number of carbonyl (C=O) groups is 2. The van der Waals surface area contributed by atoms with Gasteiger partial charge in [-0.3, -0.25) is 4.79 Å². The summed E-state index contributed by atoms with van der Waals surface area (Å²) in [5, 5.41) is 2.38. The van der Waals surface area contributed by atoms with Crippen LogP contribution in [0.3, 0.4) is 0 Å². The quantitative estimate of drug-likeness (QED) is 0.340. The van der Waals surface area contributed by atoms with E-state index in [1.54, 1.807) is 0 Å². The molecule has 1 fully saturated rings. The molecule has 1 rings (SSSR count). The van der Waals surface area contributed by atoms with E-state index < -0.39 is 18.1 Å². The maximum absolute atomic E-state index is 11.1. The van der Waals surface area contributed by atoms with Gasteiger partial charge >= 0.3 is 5.97 Å². The summed E-state index contributed by atoms with van der Waals surface area (Å²) >= 11 is 0.